The molecule has 1 aliphatic heterocycles. The van der Waals surface area contributed by atoms with E-state index in [1.807, 2.05) is 0 Å². The molecule has 1 rings (SSSR count). The van der Waals surface area contributed by atoms with Crippen molar-refractivity contribution >= 4 is 0 Å². The molecule has 1 N–H and O–H groups in total. The van der Waals surface area contributed by atoms with E-state index in [-0.39, 0.29) is 0 Å². The van der Waals surface area contributed by atoms with Gasteiger partial charge in [0.05, 0.1) is 0 Å². The Kier molecular flexibility index (Phi) is 7.20. The van der Waals surface area contributed by atoms with Crippen LogP contribution in [0.25, 0.3) is 0 Å². The molecule has 3 nitrogen and oxygen atoms in total. The molecule has 3 heteroatoms. The standard InChI is InChI=1S/C15H33N3/c1-6-16-15(13(4)5)12-17-10-9-14(11-17)18(7-2)8-3/h13-16H,6-12H2,1-5H3. The Morgan fingerprint density at radius 2 is 1.89 bits per heavy atom. The topological polar surface area (TPSA) is 18.5 Å². The highest BCUT2D eigenvalue weighted by molar-refractivity contribution is 4.85. The summed E-state index contributed by atoms with van der Waals surface area (Å²) >= 11 is 0. The van der Waals surface area contributed by atoms with Crippen LogP contribution in [-0.4, -0.2) is 61.2 Å². The monoisotopic (exact) mass is 255 g/mol. The van der Waals surface area contributed by atoms with Crippen LogP contribution in [0.1, 0.15) is 41.0 Å². The summed E-state index contributed by atoms with van der Waals surface area (Å²) < 4.78 is 0. The van der Waals surface area contributed by atoms with Gasteiger partial charge in [-0.05, 0) is 38.5 Å². The van der Waals surface area contributed by atoms with E-state index in [2.05, 4.69) is 49.7 Å². The lowest BCUT2D eigenvalue weighted by Crippen LogP contribution is -2.45. The fourth-order valence-electron chi connectivity index (χ4n) is 3.07. The van der Waals surface area contributed by atoms with Crippen molar-refractivity contribution in [1.82, 2.24) is 15.1 Å². The molecule has 0 bridgehead atoms. The third-order valence-electron chi connectivity index (χ3n) is 4.30. The van der Waals surface area contributed by atoms with Crippen LogP contribution in [0, 0.1) is 5.92 Å². The lowest BCUT2D eigenvalue weighted by atomic mass is 10.0. The van der Waals surface area contributed by atoms with Crippen molar-refractivity contribution in [3.63, 3.8) is 0 Å². The predicted molar refractivity (Wildman–Crippen MR) is 80.1 cm³/mol. The van der Waals surface area contributed by atoms with E-state index in [9.17, 15) is 0 Å². The van der Waals surface area contributed by atoms with Gasteiger partial charge in [0.2, 0.25) is 0 Å². The number of rotatable bonds is 8. The molecule has 0 amide bonds. The van der Waals surface area contributed by atoms with Crippen molar-refractivity contribution in [2.75, 3.05) is 39.3 Å². The summed E-state index contributed by atoms with van der Waals surface area (Å²) in [6, 6.07) is 1.43. The highest BCUT2D eigenvalue weighted by Gasteiger charge is 2.28. The minimum atomic E-state index is 0.644. The molecule has 0 radical (unpaired) electrons. The molecule has 1 saturated heterocycles. The van der Waals surface area contributed by atoms with Gasteiger partial charge >= 0.3 is 0 Å². The first-order valence-electron chi connectivity index (χ1n) is 7.82. The van der Waals surface area contributed by atoms with E-state index in [0.717, 1.165) is 18.5 Å². The van der Waals surface area contributed by atoms with Crippen LogP contribution in [0.15, 0.2) is 0 Å². The molecule has 2 unspecified atom stereocenters. The van der Waals surface area contributed by atoms with Crippen molar-refractivity contribution in [2.45, 2.75) is 53.1 Å². The predicted octanol–water partition coefficient (Wildman–Crippen LogP) is 2.04. The zero-order valence-corrected chi connectivity index (χ0v) is 13.1. The van der Waals surface area contributed by atoms with Gasteiger partial charge < -0.3 is 10.2 Å². The molecule has 108 valence electrons. The Labute approximate surface area is 114 Å². The van der Waals surface area contributed by atoms with E-state index in [1.54, 1.807) is 0 Å². The zero-order valence-electron chi connectivity index (χ0n) is 13.1. The maximum absolute atomic E-state index is 3.63. The summed E-state index contributed by atoms with van der Waals surface area (Å²) in [7, 11) is 0. The fraction of sp³-hybridized carbons (Fsp3) is 1.00. The van der Waals surface area contributed by atoms with Crippen LogP contribution in [0.5, 0.6) is 0 Å². The number of nitrogens with one attached hydrogen (secondary N) is 1. The lowest BCUT2D eigenvalue weighted by Gasteiger charge is -2.29. The molecule has 0 aliphatic carbocycles. The summed E-state index contributed by atoms with van der Waals surface area (Å²) in [6.07, 6.45) is 1.35. The SMILES string of the molecule is CCNC(CN1CCC(N(CC)CC)C1)C(C)C. The zero-order chi connectivity index (χ0) is 13.5. The van der Waals surface area contributed by atoms with Crippen LogP contribution in [0.4, 0.5) is 0 Å². The molecule has 0 aromatic carbocycles. The molecular formula is C15H33N3. The Morgan fingerprint density at radius 1 is 1.22 bits per heavy atom. The molecule has 0 saturated carbocycles. The Hall–Kier alpha value is -0.120. The van der Waals surface area contributed by atoms with E-state index < -0.39 is 0 Å². The third kappa shape index (κ3) is 4.52. The number of hydrogen-bond donors (Lipinski definition) is 1. The number of likely N-dealkylation sites (tertiary alicyclic amines) is 1. The third-order valence-corrected chi connectivity index (χ3v) is 4.30. The van der Waals surface area contributed by atoms with Crippen molar-refractivity contribution in [2.24, 2.45) is 5.92 Å². The van der Waals surface area contributed by atoms with Gasteiger partial charge in [-0.25, -0.2) is 0 Å². The van der Waals surface area contributed by atoms with Gasteiger partial charge in [-0.2, -0.15) is 0 Å². The van der Waals surface area contributed by atoms with Gasteiger partial charge in [-0.1, -0.05) is 34.6 Å². The number of nitrogens with zero attached hydrogens (tertiary/aromatic N) is 2. The molecule has 0 spiro atoms. The minimum absolute atomic E-state index is 0.644. The Balaban J connectivity index is 2.41. The van der Waals surface area contributed by atoms with Gasteiger partial charge in [0.1, 0.15) is 0 Å². The first-order chi connectivity index (χ1) is 8.62. The van der Waals surface area contributed by atoms with Crippen molar-refractivity contribution in [3.05, 3.63) is 0 Å². The Morgan fingerprint density at radius 3 is 2.39 bits per heavy atom. The second kappa shape index (κ2) is 8.13. The second-order valence-electron chi connectivity index (χ2n) is 5.83. The average molecular weight is 255 g/mol. The second-order valence-corrected chi connectivity index (χ2v) is 5.83. The molecule has 2 atom stereocenters. The quantitative estimate of drug-likeness (QED) is 0.716. The van der Waals surface area contributed by atoms with Crippen LogP contribution >= 0.6 is 0 Å². The molecule has 0 aromatic rings. The van der Waals surface area contributed by atoms with Crippen LogP contribution < -0.4 is 5.32 Å². The van der Waals surface area contributed by atoms with E-state index in [4.69, 9.17) is 0 Å². The molecule has 1 heterocycles. The molecule has 18 heavy (non-hydrogen) atoms. The average Bonchev–Trinajstić information content (AvgIpc) is 2.78. The molecule has 1 fully saturated rings. The Bertz CT molecular complexity index is 214. The minimum Gasteiger partial charge on any atom is -0.313 e. The molecular weight excluding hydrogens is 222 g/mol. The lowest BCUT2D eigenvalue weighted by molar-refractivity contribution is 0.198. The van der Waals surface area contributed by atoms with E-state index in [0.29, 0.717) is 6.04 Å². The van der Waals surface area contributed by atoms with Crippen molar-refractivity contribution in [1.29, 1.82) is 0 Å². The highest BCUT2D eigenvalue weighted by Crippen LogP contribution is 2.16. The summed E-state index contributed by atoms with van der Waals surface area (Å²) in [6.45, 7) is 18.6. The summed E-state index contributed by atoms with van der Waals surface area (Å²) in [5.74, 6) is 0.720. The van der Waals surface area contributed by atoms with E-state index >= 15 is 0 Å². The van der Waals surface area contributed by atoms with E-state index in [1.165, 1.54) is 39.1 Å². The maximum atomic E-state index is 3.63. The molecule has 1 aliphatic rings. The smallest absolute Gasteiger partial charge is 0.0235 e. The highest BCUT2D eigenvalue weighted by atomic mass is 15.3. The first-order valence-corrected chi connectivity index (χ1v) is 7.82. The number of likely N-dealkylation sites (N-methyl/N-ethyl adjacent to an activating group) is 2. The summed E-state index contributed by atoms with van der Waals surface area (Å²) in [4.78, 5) is 5.26. The maximum Gasteiger partial charge on any atom is 0.0235 e. The van der Waals surface area contributed by atoms with Gasteiger partial charge in [0, 0.05) is 25.2 Å². The fourth-order valence-corrected chi connectivity index (χ4v) is 3.07. The normalized spacial score (nSPS) is 23.2. The molecule has 0 aromatic heterocycles. The number of hydrogen-bond acceptors (Lipinski definition) is 3. The van der Waals surface area contributed by atoms with Crippen LogP contribution in [-0.2, 0) is 0 Å². The van der Waals surface area contributed by atoms with Gasteiger partial charge in [-0.15, -0.1) is 0 Å². The van der Waals surface area contributed by atoms with Crippen LogP contribution in [0.3, 0.4) is 0 Å². The van der Waals surface area contributed by atoms with Crippen molar-refractivity contribution in [3.8, 4) is 0 Å². The summed E-state index contributed by atoms with van der Waals surface area (Å²) in [5, 5.41) is 3.63. The first kappa shape index (κ1) is 15.9. The van der Waals surface area contributed by atoms with Crippen molar-refractivity contribution < 1.29 is 0 Å². The van der Waals surface area contributed by atoms with Crippen LogP contribution in [0.2, 0.25) is 0 Å². The van der Waals surface area contributed by atoms with Gasteiger partial charge in [0.15, 0.2) is 0 Å². The summed E-state index contributed by atoms with van der Waals surface area (Å²) in [5.41, 5.74) is 0. The largest absolute Gasteiger partial charge is 0.313 e. The van der Waals surface area contributed by atoms with Gasteiger partial charge in [0.25, 0.3) is 0 Å². The van der Waals surface area contributed by atoms with Gasteiger partial charge in [-0.3, -0.25) is 4.90 Å².